The summed E-state index contributed by atoms with van der Waals surface area (Å²) in [6.45, 7) is 6.15. The molecule has 0 spiro atoms. The smallest absolute Gasteiger partial charge is 0.251 e. The number of carbonyl (C=O) groups excluding carboxylic acids is 1. The summed E-state index contributed by atoms with van der Waals surface area (Å²) in [5.41, 5.74) is 8.02. The molecule has 0 atom stereocenters. The molecule has 0 aliphatic carbocycles. The van der Waals surface area contributed by atoms with E-state index >= 15 is 0 Å². The van der Waals surface area contributed by atoms with Crippen LogP contribution < -0.4 is 11.1 Å². The molecule has 1 aromatic carbocycles. The van der Waals surface area contributed by atoms with Gasteiger partial charge >= 0.3 is 0 Å². The summed E-state index contributed by atoms with van der Waals surface area (Å²) in [4.78, 5) is 16.5. The predicted molar refractivity (Wildman–Crippen MR) is 97.4 cm³/mol. The van der Waals surface area contributed by atoms with Gasteiger partial charge in [-0.2, -0.15) is 0 Å². The molecule has 0 saturated carbocycles. The van der Waals surface area contributed by atoms with Crippen molar-refractivity contribution in [1.82, 2.24) is 10.3 Å². The van der Waals surface area contributed by atoms with Crippen LogP contribution in [0.15, 0.2) is 29.6 Å². The first-order valence-corrected chi connectivity index (χ1v) is 7.33. The number of rotatable bonds is 4. The van der Waals surface area contributed by atoms with Crippen LogP contribution in [0.3, 0.4) is 0 Å². The average molecular weight is 362 g/mol. The molecule has 122 valence electrons. The molecule has 0 unspecified atom stereocenters. The highest BCUT2D eigenvalue weighted by atomic mass is 35.5. The van der Waals surface area contributed by atoms with Gasteiger partial charge in [-0.3, -0.25) is 4.79 Å². The van der Waals surface area contributed by atoms with E-state index in [2.05, 4.69) is 10.3 Å². The standard InChI is InChI=1S/C15H19N3OS.2ClH/c1-10-8-20-14(18-10)12-6-4-5-11(7-12)13(19)17-9-15(2,3)16;;/h4-8H,9,16H2,1-3H3,(H,17,19);2*1H. The maximum atomic E-state index is 12.1. The Balaban J connectivity index is 0.00000220. The summed E-state index contributed by atoms with van der Waals surface area (Å²) >= 11 is 1.58. The second-order valence-corrected chi connectivity index (χ2v) is 6.40. The van der Waals surface area contributed by atoms with E-state index in [1.54, 1.807) is 17.4 Å². The first kappa shape index (κ1) is 20.9. The minimum Gasteiger partial charge on any atom is -0.350 e. The van der Waals surface area contributed by atoms with Crippen LogP contribution in [-0.4, -0.2) is 23.0 Å². The number of benzene rings is 1. The maximum Gasteiger partial charge on any atom is 0.251 e. The summed E-state index contributed by atoms with van der Waals surface area (Å²) < 4.78 is 0. The van der Waals surface area contributed by atoms with E-state index in [0.717, 1.165) is 16.3 Å². The van der Waals surface area contributed by atoms with Crippen LogP contribution in [0.5, 0.6) is 0 Å². The number of amides is 1. The Morgan fingerprint density at radius 3 is 2.59 bits per heavy atom. The minimum absolute atomic E-state index is 0. The quantitative estimate of drug-likeness (QED) is 0.876. The molecule has 3 N–H and O–H groups in total. The summed E-state index contributed by atoms with van der Waals surface area (Å²) in [7, 11) is 0. The number of aromatic nitrogens is 1. The molecule has 1 heterocycles. The number of aryl methyl sites for hydroxylation is 1. The average Bonchev–Trinajstić information content (AvgIpc) is 2.82. The summed E-state index contributed by atoms with van der Waals surface area (Å²) in [6, 6.07) is 7.48. The highest BCUT2D eigenvalue weighted by molar-refractivity contribution is 7.13. The zero-order valence-corrected chi connectivity index (χ0v) is 15.2. The van der Waals surface area contributed by atoms with Gasteiger partial charge in [-0.15, -0.1) is 36.2 Å². The van der Waals surface area contributed by atoms with Crippen LogP contribution in [0.4, 0.5) is 0 Å². The van der Waals surface area contributed by atoms with Crippen molar-refractivity contribution in [2.24, 2.45) is 5.73 Å². The second kappa shape index (κ2) is 8.48. The zero-order valence-electron chi connectivity index (χ0n) is 12.8. The van der Waals surface area contributed by atoms with Crippen molar-refractivity contribution in [3.8, 4) is 10.6 Å². The zero-order chi connectivity index (χ0) is 14.8. The Labute approximate surface area is 147 Å². The largest absolute Gasteiger partial charge is 0.350 e. The molecule has 0 fully saturated rings. The van der Waals surface area contributed by atoms with Crippen molar-refractivity contribution in [2.45, 2.75) is 26.3 Å². The molecule has 0 radical (unpaired) electrons. The number of nitrogens with one attached hydrogen (secondary N) is 1. The predicted octanol–water partition coefficient (Wildman–Crippen LogP) is 3.43. The first-order valence-electron chi connectivity index (χ1n) is 6.45. The number of hydrogen-bond acceptors (Lipinski definition) is 4. The highest BCUT2D eigenvalue weighted by Gasteiger charge is 2.14. The van der Waals surface area contributed by atoms with Gasteiger partial charge in [-0.25, -0.2) is 4.98 Å². The van der Waals surface area contributed by atoms with E-state index in [0.29, 0.717) is 12.1 Å². The van der Waals surface area contributed by atoms with E-state index in [1.165, 1.54) is 0 Å². The second-order valence-electron chi connectivity index (χ2n) is 5.55. The molecular formula is C15H21Cl2N3OS. The van der Waals surface area contributed by atoms with E-state index in [-0.39, 0.29) is 30.7 Å². The highest BCUT2D eigenvalue weighted by Crippen LogP contribution is 2.24. The van der Waals surface area contributed by atoms with Gasteiger partial charge in [0.05, 0.1) is 0 Å². The first-order chi connectivity index (χ1) is 9.35. The van der Waals surface area contributed by atoms with Crippen molar-refractivity contribution in [3.63, 3.8) is 0 Å². The van der Waals surface area contributed by atoms with Gasteiger partial charge in [0.2, 0.25) is 0 Å². The Bertz CT molecular complexity index is 623. The van der Waals surface area contributed by atoms with E-state index in [1.807, 2.05) is 44.4 Å². The maximum absolute atomic E-state index is 12.1. The number of thiazole rings is 1. The third-order valence-corrected chi connectivity index (χ3v) is 3.70. The third-order valence-electron chi connectivity index (χ3n) is 2.70. The molecule has 1 amide bonds. The van der Waals surface area contributed by atoms with E-state index in [9.17, 15) is 4.79 Å². The Kier molecular flexibility index (Phi) is 8.04. The molecule has 2 rings (SSSR count). The van der Waals surface area contributed by atoms with Crippen LogP contribution in [0.1, 0.15) is 29.9 Å². The SMILES string of the molecule is Cc1csc(-c2cccc(C(=O)NCC(C)(C)N)c2)n1.Cl.Cl. The van der Waals surface area contributed by atoms with E-state index < -0.39 is 5.54 Å². The molecule has 0 aliphatic rings. The normalized spacial score (nSPS) is 10.4. The lowest BCUT2D eigenvalue weighted by Crippen LogP contribution is -2.45. The Morgan fingerprint density at radius 1 is 1.36 bits per heavy atom. The molecule has 0 bridgehead atoms. The molecule has 1 aromatic heterocycles. The molecule has 2 aromatic rings. The third kappa shape index (κ3) is 5.93. The topological polar surface area (TPSA) is 68.0 Å². The van der Waals surface area contributed by atoms with Gasteiger partial charge in [0.1, 0.15) is 5.01 Å². The van der Waals surface area contributed by atoms with Crippen molar-refractivity contribution in [2.75, 3.05) is 6.54 Å². The molecule has 0 saturated heterocycles. The number of nitrogens with zero attached hydrogens (tertiary/aromatic N) is 1. The lowest BCUT2D eigenvalue weighted by Gasteiger charge is -2.18. The molecular weight excluding hydrogens is 341 g/mol. The molecule has 0 aliphatic heterocycles. The molecule has 4 nitrogen and oxygen atoms in total. The molecule has 7 heteroatoms. The summed E-state index contributed by atoms with van der Waals surface area (Å²) in [5, 5.41) is 5.77. The fourth-order valence-electron chi connectivity index (χ4n) is 1.69. The lowest BCUT2D eigenvalue weighted by atomic mass is 10.1. The summed E-state index contributed by atoms with van der Waals surface area (Å²) in [5.74, 6) is -0.112. The van der Waals surface area contributed by atoms with Gasteiger partial charge in [0, 0.05) is 34.3 Å². The van der Waals surface area contributed by atoms with Crippen molar-refractivity contribution in [3.05, 3.63) is 40.9 Å². The van der Waals surface area contributed by atoms with Crippen LogP contribution in [0.25, 0.3) is 10.6 Å². The van der Waals surface area contributed by atoms with Gasteiger partial charge in [-0.1, -0.05) is 12.1 Å². The van der Waals surface area contributed by atoms with Crippen LogP contribution in [0, 0.1) is 6.92 Å². The van der Waals surface area contributed by atoms with Crippen molar-refractivity contribution >= 4 is 42.1 Å². The fraction of sp³-hybridized carbons (Fsp3) is 0.333. The van der Waals surface area contributed by atoms with Crippen LogP contribution >= 0.6 is 36.2 Å². The molecule has 22 heavy (non-hydrogen) atoms. The van der Waals surface area contributed by atoms with Gasteiger partial charge in [0.25, 0.3) is 5.91 Å². The number of hydrogen-bond donors (Lipinski definition) is 2. The van der Waals surface area contributed by atoms with Gasteiger partial charge in [0.15, 0.2) is 0 Å². The number of nitrogens with two attached hydrogens (primary N) is 1. The van der Waals surface area contributed by atoms with Gasteiger partial charge < -0.3 is 11.1 Å². The fourth-order valence-corrected chi connectivity index (χ4v) is 2.48. The number of carbonyl (C=O) groups is 1. The van der Waals surface area contributed by atoms with Crippen LogP contribution in [0.2, 0.25) is 0 Å². The Morgan fingerprint density at radius 2 is 2.05 bits per heavy atom. The van der Waals surface area contributed by atoms with E-state index in [4.69, 9.17) is 5.73 Å². The van der Waals surface area contributed by atoms with Crippen LogP contribution in [-0.2, 0) is 0 Å². The monoisotopic (exact) mass is 361 g/mol. The van der Waals surface area contributed by atoms with Gasteiger partial charge in [-0.05, 0) is 32.9 Å². The summed E-state index contributed by atoms with van der Waals surface area (Å²) in [6.07, 6.45) is 0. The van der Waals surface area contributed by atoms with Crippen molar-refractivity contribution < 1.29 is 4.79 Å². The van der Waals surface area contributed by atoms with Crippen molar-refractivity contribution in [1.29, 1.82) is 0 Å². The number of halogens is 2. The lowest BCUT2D eigenvalue weighted by molar-refractivity contribution is 0.0946. The minimum atomic E-state index is -0.417. The Hall–Kier alpha value is -1.14.